The average molecular weight is 617 g/mol. The van der Waals surface area contributed by atoms with Gasteiger partial charge < -0.3 is 20.3 Å². The molecule has 2 N–H and O–H groups in total. The Kier molecular flexibility index (Phi) is 8.50. The maximum Gasteiger partial charge on any atom is 0.314 e. The first-order valence-corrected chi connectivity index (χ1v) is 15.7. The molecule has 2 saturated heterocycles. The number of piperidine rings is 1. The van der Waals surface area contributed by atoms with E-state index < -0.39 is 20.6 Å². The van der Waals surface area contributed by atoms with E-state index in [1.165, 1.54) is 4.90 Å². The molecule has 0 spiro atoms. The largest absolute Gasteiger partial charge is 0.489 e. The second-order valence-corrected chi connectivity index (χ2v) is 13.5. The summed E-state index contributed by atoms with van der Waals surface area (Å²) in [6.07, 6.45) is 1.25. The van der Waals surface area contributed by atoms with Crippen LogP contribution in [0, 0.1) is 5.92 Å². The number of likely N-dealkylation sites (tertiary alicyclic amines) is 2. The van der Waals surface area contributed by atoms with Crippen LogP contribution >= 0.6 is 23.2 Å². The van der Waals surface area contributed by atoms with Gasteiger partial charge in [-0.05, 0) is 61.2 Å². The summed E-state index contributed by atoms with van der Waals surface area (Å²) in [7, 11) is -3.89. The molecule has 1 unspecified atom stereocenters. The summed E-state index contributed by atoms with van der Waals surface area (Å²) < 4.78 is 33.1. The Labute approximate surface area is 249 Å². The first-order valence-electron chi connectivity index (χ1n) is 13.4. The van der Waals surface area contributed by atoms with Crippen LogP contribution in [-0.4, -0.2) is 56.3 Å². The highest BCUT2D eigenvalue weighted by Crippen LogP contribution is 2.44. The Hall–Kier alpha value is -3.27. The number of carbonyl (C=O) groups excluding carboxylic acids is 2. The van der Waals surface area contributed by atoms with Gasteiger partial charge in [-0.2, -0.15) is 0 Å². The predicted octanol–water partition coefficient (Wildman–Crippen LogP) is 5.26. The summed E-state index contributed by atoms with van der Waals surface area (Å²) in [5.74, 6) is 0.160. The van der Waals surface area contributed by atoms with Crippen molar-refractivity contribution in [2.24, 2.45) is 11.7 Å². The third kappa shape index (κ3) is 5.76. The van der Waals surface area contributed by atoms with Gasteiger partial charge in [-0.25, -0.2) is 13.2 Å². The molecule has 1 atom stereocenters. The van der Waals surface area contributed by atoms with E-state index in [0.717, 1.165) is 0 Å². The zero-order valence-electron chi connectivity index (χ0n) is 22.3. The molecule has 0 aliphatic carbocycles. The molecule has 3 aromatic rings. The molecular weight excluding hydrogens is 585 g/mol. The van der Waals surface area contributed by atoms with Gasteiger partial charge in [-0.1, -0.05) is 59.6 Å². The van der Waals surface area contributed by atoms with Crippen molar-refractivity contribution in [2.75, 3.05) is 26.2 Å². The van der Waals surface area contributed by atoms with Gasteiger partial charge in [0.15, 0.2) is 9.84 Å². The van der Waals surface area contributed by atoms with Crippen molar-refractivity contribution in [1.29, 1.82) is 0 Å². The molecule has 2 aliphatic rings. The van der Waals surface area contributed by atoms with Crippen molar-refractivity contribution in [2.45, 2.75) is 35.5 Å². The van der Waals surface area contributed by atoms with Gasteiger partial charge in [0.2, 0.25) is 5.91 Å². The van der Waals surface area contributed by atoms with Crippen LogP contribution in [0.2, 0.25) is 10.0 Å². The van der Waals surface area contributed by atoms with Crippen LogP contribution in [0.4, 0.5) is 4.79 Å². The van der Waals surface area contributed by atoms with Crippen molar-refractivity contribution in [3.63, 3.8) is 0 Å². The average Bonchev–Trinajstić information content (AvgIpc) is 3.45. The molecule has 2 fully saturated rings. The van der Waals surface area contributed by atoms with E-state index in [-0.39, 0.29) is 36.3 Å². The Balaban J connectivity index is 1.40. The van der Waals surface area contributed by atoms with E-state index in [1.807, 2.05) is 0 Å². The summed E-state index contributed by atoms with van der Waals surface area (Å²) in [4.78, 5) is 28.4. The molecule has 3 amide bonds. The Morgan fingerprint density at radius 2 is 1.51 bits per heavy atom. The summed E-state index contributed by atoms with van der Waals surface area (Å²) in [6, 6.07) is 20.0. The molecule has 0 aromatic heterocycles. The van der Waals surface area contributed by atoms with E-state index in [2.05, 4.69) is 0 Å². The summed E-state index contributed by atoms with van der Waals surface area (Å²) in [5, 5.41) is 0.996. The van der Waals surface area contributed by atoms with E-state index in [1.54, 1.807) is 77.7 Å². The van der Waals surface area contributed by atoms with Crippen LogP contribution in [0.25, 0.3) is 0 Å². The van der Waals surface area contributed by atoms with E-state index >= 15 is 0 Å². The van der Waals surface area contributed by atoms with Crippen LogP contribution in [0.3, 0.4) is 0 Å². The van der Waals surface area contributed by atoms with Gasteiger partial charge >= 0.3 is 6.03 Å². The predicted molar refractivity (Wildman–Crippen MR) is 158 cm³/mol. The van der Waals surface area contributed by atoms with Crippen LogP contribution in [0.5, 0.6) is 5.75 Å². The molecule has 2 heterocycles. The number of nitrogens with two attached hydrogens (primary N) is 1. The van der Waals surface area contributed by atoms with Gasteiger partial charge in [-0.3, -0.25) is 4.79 Å². The number of carbonyl (C=O) groups is 2. The summed E-state index contributed by atoms with van der Waals surface area (Å²) in [5.41, 5.74) is 6.64. The minimum Gasteiger partial charge on any atom is -0.489 e. The fourth-order valence-electron chi connectivity index (χ4n) is 5.69. The van der Waals surface area contributed by atoms with Gasteiger partial charge in [0.25, 0.3) is 0 Å². The second-order valence-electron chi connectivity index (χ2n) is 10.4. The monoisotopic (exact) mass is 615 g/mol. The van der Waals surface area contributed by atoms with Gasteiger partial charge in [0.05, 0.1) is 4.90 Å². The fourth-order valence-corrected chi connectivity index (χ4v) is 8.30. The summed E-state index contributed by atoms with van der Waals surface area (Å²) >= 11 is 12.5. The number of rotatable bonds is 7. The number of nitrogens with zero attached hydrogens (tertiary/aromatic N) is 2. The normalized spacial score (nSPS) is 19.8. The van der Waals surface area contributed by atoms with Crippen LogP contribution in [-0.2, 0) is 26.0 Å². The third-order valence-corrected chi connectivity index (χ3v) is 11.3. The lowest BCUT2D eigenvalue weighted by Crippen LogP contribution is -2.46. The highest BCUT2D eigenvalue weighted by molar-refractivity contribution is 7.92. The van der Waals surface area contributed by atoms with Gasteiger partial charge in [-0.15, -0.1) is 0 Å². The first-order chi connectivity index (χ1) is 19.6. The molecule has 0 bridgehead atoms. The number of urea groups is 1. The zero-order chi connectivity index (χ0) is 29.2. The Morgan fingerprint density at radius 1 is 0.878 bits per heavy atom. The number of ether oxygens (including phenoxy) is 1. The Bertz CT molecular complexity index is 1510. The van der Waals surface area contributed by atoms with Crippen molar-refractivity contribution in [3.8, 4) is 5.75 Å². The molecule has 0 saturated carbocycles. The highest BCUT2D eigenvalue weighted by atomic mass is 35.5. The number of benzene rings is 3. The maximum atomic E-state index is 14.2. The lowest BCUT2D eigenvalue weighted by Gasteiger charge is -2.33. The molecule has 5 rings (SSSR count). The smallest absolute Gasteiger partial charge is 0.314 e. The van der Waals surface area contributed by atoms with E-state index in [9.17, 15) is 18.0 Å². The quantitative estimate of drug-likeness (QED) is 0.389. The standard InChI is InChI=1S/C30H31Cl2N3O5S/c31-26-7-4-8-27(32)25(26)19-40-23-11-9-22(10-12-23)30(41(38,39)24-5-2-1-3-6-24)15-18-35(20-30)28(36)21-13-16-34(17-14-21)29(33)37/h1-12,21H,13-20H2,(H2,33,37). The minimum absolute atomic E-state index is 0.0362. The lowest BCUT2D eigenvalue weighted by molar-refractivity contribution is -0.135. The molecule has 2 aliphatic heterocycles. The molecular formula is C30H31Cl2N3O5S. The van der Waals surface area contributed by atoms with Crippen LogP contribution in [0.1, 0.15) is 30.4 Å². The lowest BCUT2D eigenvalue weighted by atomic mass is 9.95. The molecule has 3 aromatic carbocycles. The van der Waals surface area contributed by atoms with Gasteiger partial charge in [0.1, 0.15) is 17.1 Å². The molecule has 11 heteroatoms. The number of hydrogen-bond donors (Lipinski definition) is 1. The van der Waals surface area contributed by atoms with Crippen molar-refractivity contribution in [1.82, 2.24) is 9.80 Å². The Morgan fingerprint density at radius 3 is 2.12 bits per heavy atom. The zero-order valence-corrected chi connectivity index (χ0v) is 24.7. The number of primary amides is 1. The minimum atomic E-state index is -3.89. The molecule has 41 heavy (non-hydrogen) atoms. The SMILES string of the molecule is NC(=O)N1CCC(C(=O)N2CCC(c3ccc(OCc4c(Cl)cccc4Cl)cc3)(S(=O)(=O)c3ccccc3)C2)CC1. The number of halogens is 2. The van der Waals surface area contributed by atoms with Crippen LogP contribution < -0.4 is 10.5 Å². The molecule has 0 radical (unpaired) electrons. The highest BCUT2D eigenvalue weighted by Gasteiger charge is 2.52. The first kappa shape index (κ1) is 29.2. The number of amides is 3. The molecule has 8 nitrogen and oxygen atoms in total. The summed E-state index contributed by atoms with van der Waals surface area (Å²) in [6.45, 7) is 1.32. The van der Waals surface area contributed by atoms with Crippen molar-refractivity contribution in [3.05, 3.63) is 94.0 Å². The van der Waals surface area contributed by atoms with E-state index in [0.29, 0.717) is 59.4 Å². The topological polar surface area (TPSA) is 110 Å². The maximum absolute atomic E-state index is 14.2. The fraction of sp³-hybridized carbons (Fsp3) is 0.333. The van der Waals surface area contributed by atoms with E-state index in [4.69, 9.17) is 33.7 Å². The second kappa shape index (κ2) is 11.9. The van der Waals surface area contributed by atoms with Gasteiger partial charge in [0, 0.05) is 47.7 Å². The number of hydrogen-bond acceptors (Lipinski definition) is 5. The van der Waals surface area contributed by atoms with Crippen molar-refractivity contribution < 1.29 is 22.7 Å². The van der Waals surface area contributed by atoms with Crippen molar-refractivity contribution >= 4 is 45.0 Å². The third-order valence-electron chi connectivity index (χ3n) is 8.09. The van der Waals surface area contributed by atoms with Crippen LogP contribution in [0.15, 0.2) is 77.7 Å². The number of sulfone groups is 1. The molecule has 216 valence electrons.